The highest BCUT2D eigenvalue weighted by Crippen LogP contribution is 2.26. The van der Waals surface area contributed by atoms with Gasteiger partial charge in [0.05, 0.1) is 6.04 Å². The molecular formula is C25H36N4O5. The number of carbonyl (C=O) groups excluding carboxylic acids is 3. The number of nitrogens with one attached hydrogen (secondary N) is 1. The summed E-state index contributed by atoms with van der Waals surface area (Å²) in [6, 6.07) is 6.38. The molecule has 9 heteroatoms. The monoisotopic (exact) mass is 472 g/mol. The fraction of sp³-hybridized carbons (Fsp3) is 0.600. The topological polar surface area (TPSA) is 133 Å². The Balaban J connectivity index is 1.67. The van der Waals surface area contributed by atoms with Crippen molar-refractivity contribution in [2.45, 2.75) is 76.5 Å². The van der Waals surface area contributed by atoms with Crippen molar-refractivity contribution in [1.29, 1.82) is 0 Å². The Morgan fingerprint density at radius 2 is 1.68 bits per heavy atom. The molecule has 0 spiro atoms. The highest BCUT2D eigenvalue weighted by molar-refractivity contribution is 5.95. The standard InChI is InChI=1S/C25H36N4O5/c1-3-16(2)21(25(33)34)27-22(30)19-11-7-13-28(19)24(32)20-12-8-14-29(20)23(31)18(26)15-17-9-5-4-6-10-17/h4-6,9-10,16,18-21H,3,7-8,11-15,26H2,1-2H3,(H,27,30)(H,33,34). The van der Waals surface area contributed by atoms with Gasteiger partial charge in [-0.3, -0.25) is 14.4 Å². The second kappa shape index (κ2) is 11.5. The molecule has 2 heterocycles. The van der Waals surface area contributed by atoms with E-state index in [1.165, 1.54) is 4.90 Å². The predicted molar refractivity (Wildman–Crippen MR) is 127 cm³/mol. The Labute approximate surface area is 200 Å². The van der Waals surface area contributed by atoms with Gasteiger partial charge in [0.25, 0.3) is 0 Å². The van der Waals surface area contributed by atoms with Gasteiger partial charge in [0, 0.05) is 13.1 Å². The third-order valence-corrected chi connectivity index (χ3v) is 7.05. The number of nitrogens with zero attached hydrogens (tertiary/aromatic N) is 2. The molecule has 0 radical (unpaired) electrons. The van der Waals surface area contributed by atoms with Gasteiger partial charge in [-0.2, -0.15) is 0 Å². The first-order chi connectivity index (χ1) is 16.2. The number of hydrogen-bond donors (Lipinski definition) is 3. The van der Waals surface area contributed by atoms with Crippen LogP contribution < -0.4 is 11.1 Å². The quantitative estimate of drug-likeness (QED) is 0.494. The Bertz CT molecular complexity index is 893. The van der Waals surface area contributed by atoms with Gasteiger partial charge in [0.2, 0.25) is 17.7 Å². The summed E-state index contributed by atoms with van der Waals surface area (Å²) >= 11 is 0. The van der Waals surface area contributed by atoms with E-state index in [4.69, 9.17) is 5.73 Å². The first kappa shape index (κ1) is 25.7. The minimum Gasteiger partial charge on any atom is -0.480 e. The summed E-state index contributed by atoms with van der Waals surface area (Å²) in [5, 5.41) is 12.1. The third kappa shape index (κ3) is 5.75. The largest absolute Gasteiger partial charge is 0.480 e. The maximum Gasteiger partial charge on any atom is 0.326 e. The van der Waals surface area contributed by atoms with Crippen molar-refractivity contribution < 1.29 is 24.3 Å². The van der Waals surface area contributed by atoms with Gasteiger partial charge in [-0.1, -0.05) is 50.6 Å². The highest BCUT2D eigenvalue weighted by atomic mass is 16.4. The Morgan fingerprint density at radius 1 is 1.06 bits per heavy atom. The van der Waals surface area contributed by atoms with Crippen LogP contribution in [-0.4, -0.2) is 75.9 Å². The summed E-state index contributed by atoms with van der Waals surface area (Å²) in [6.45, 7) is 4.51. The average molecular weight is 473 g/mol. The van der Waals surface area contributed by atoms with Crippen LogP contribution >= 0.6 is 0 Å². The molecule has 0 saturated carbocycles. The molecule has 34 heavy (non-hydrogen) atoms. The molecular weight excluding hydrogens is 436 g/mol. The number of nitrogens with two attached hydrogens (primary N) is 1. The second-order valence-electron chi connectivity index (χ2n) is 9.39. The Hall–Kier alpha value is -2.94. The molecule has 0 bridgehead atoms. The minimum atomic E-state index is -1.08. The van der Waals surface area contributed by atoms with E-state index in [0.717, 1.165) is 5.56 Å². The lowest BCUT2D eigenvalue weighted by atomic mass is 9.98. The van der Waals surface area contributed by atoms with Crippen LogP contribution in [0.4, 0.5) is 0 Å². The molecule has 1 aromatic rings. The van der Waals surface area contributed by atoms with Crippen molar-refractivity contribution in [1.82, 2.24) is 15.1 Å². The third-order valence-electron chi connectivity index (χ3n) is 7.05. The number of benzene rings is 1. The second-order valence-corrected chi connectivity index (χ2v) is 9.39. The zero-order valence-corrected chi connectivity index (χ0v) is 20.0. The molecule has 2 fully saturated rings. The normalized spacial score (nSPS) is 22.8. The summed E-state index contributed by atoms with van der Waals surface area (Å²) < 4.78 is 0. The van der Waals surface area contributed by atoms with Gasteiger partial charge in [-0.15, -0.1) is 0 Å². The molecule has 0 aromatic heterocycles. The zero-order chi connectivity index (χ0) is 24.8. The van der Waals surface area contributed by atoms with Crippen LogP contribution in [0.2, 0.25) is 0 Å². The van der Waals surface area contributed by atoms with Gasteiger partial charge in [-0.05, 0) is 43.6 Å². The Morgan fingerprint density at radius 3 is 2.29 bits per heavy atom. The van der Waals surface area contributed by atoms with E-state index in [1.54, 1.807) is 11.8 Å². The van der Waals surface area contributed by atoms with Gasteiger partial charge < -0.3 is 26.0 Å². The van der Waals surface area contributed by atoms with Crippen LogP contribution in [0.1, 0.15) is 51.5 Å². The maximum absolute atomic E-state index is 13.5. The molecule has 3 amide bonds. The molecule has 186 valence electrons. The molecule has 3 rings (SSSR count). The van der Waals surface area contributed by atoms with Crippen LogP contribution in [-0.2, 0) is 25.6 Å². The average Bonchev–Trinajstić information content (AvgIpc) is 3.51. The fourth-order valence-corrected chi connectivity index (χ4v) is 4.88. The van der Waals surface area contributed by atoms with Gasteiger partial charge in [0.15, 0.2) is 0 Å². The van der Waals surface area contributed by atoms with E-state index in [0.29, 0.717) is 51.6 Å². The lowest BCUT2D eigenvalue weighted by molar-refractivity contribution is -0.148. The lowest BCUT2D eigenvalue weighted by Gasteiger charge is -2.32. The number of rotatable bonds is 9. The molecule has 9 nitrogen and oxygen atoms in total. The summed E-state index contributed by atoms with van der Waals surface area (Å²) in [5.41, 5.74) is 7.16. The Kier molecular flexibility index (Phi) is 8.66. The molecule has 4 N–H and O–H groups in total. The van der Waals surface area contributed by atoms with E-state index in [-0.39, 0.29) is 17.7 Å². The number of carbonyl (C=O) groups is 4. The van der Waals surface area contributed by atoms with Gasteiger partial charge in [0.1, 0.15) is 18.1 Å². The van der Waals surface area contributed by atoms with Crippen molar-refractivity contribution in [3.63, 3.8) is 0 Å². The number of hydrogen-bond acceptors (Lipinski definition) is 5. The van der Waals surface area contributed by atoms with Crippen molar-refractivity contribution in [3.05, 3.63) is 35.9 Å². The van der Waals surface area contributed by atoms with Crippen LogP contribution in [0.15, 0.2) is 30.3 Å². The van der Waals surface area contributed by atoms with Crippen LogP contribution in [0, 0.1) is 5.92 Å². The van der Waals surface area contributed by atoms with Crippen molar-refractivity contribution in [3.8, 4) is 0 Å². The van der Waals surface area contributed by atoms with Crippen molar-refractivity contribution >= 4 is 23.7 Å². The number of carboxylic acid groups (broad SMARTS) is 1. The lowest BCUT2D eigenvalue weighted by Crippen LogP contribution is -2.57. The van der Waals surface area contributed by atoms with Crippen molar-refractivity contribution in [2.24, 2.45) is 11.7 Å². The SMILES string of the molecule is CCC(C)C(NC(=O)C1CCCN1C(=O)C1CCCN1C(=O)C(N)Cc1ccccc1)C(=O)O. The zero-order valence-electron chi connectivity index (χ0n) is 20.0. The van der Waals surface area contributed by atoms with E-state index in [1.807, 2.05) is 37.3 Å². The summed E-state index contributed by atoms with van der Waals surface area (Å²) in [5.74, 6) is -2.29. The smallest absolute Gasteiger partial charge is 0.326 e. The molecule has 2 aliphatic heterocycles. The fourth-order valence-electron chi connectivity index (χ4n) is 4.88. The van der Waals surface area contributed by atoms with Crippen LogP contribution in [0.25, 0.3) is 0 Å². The number of carboxylic acids is 1. The molecule has 5 atom stereocenters. The van der Waals surface area contributed by atoms with Gasteiger partial charge in [-0.25, -0.2) is 4.79 Å². The molecule has 1 aromatic carbocycles. The number of likely N-dealkylation sites (tertiary alicyclic amines) is 2. The maximum atomic E-state index is 13.5. The molecule has 2 saturated heterocycles. The summed E-state index contributed by atoms with van der Waals surface area (Å²) in [4.78, 5) is 54.3. The number of amides is 3. The molecule has 5 unspecified atom stereocenters. The molecule has 0 aliphatic carbocycles. The number of aliphatic carboxylic acids is 1. The van der Waals surface area contributed by atoms with Crippen molar-refractivity contribution in [2.75, 3.05) is 13.1 Å². The minimum absolute atomic E-state index is 0.235. The summed E-state index contributed by atoms with van der Waals surface area (Å²) in [7, 11) is 0. The van der Waals surface area contributed by atoms with Gasteiger partial charge >= 0.3 is 5.97 Å². The summed E-state index contributed by atoms with van der Waals surface area (Å²) in [6.07, 6.45) is 3.33. The van der Waals surface area contributed by atoms with E-state index in [9.17, 15) is 24.3 Å². The van der Waals surface area contributed by atoms with E-state index < -0.39 is 36.0 Å². The van der Waals surface area contributed by atoms with Crippen LogP contribution in [0.5, 0.6) is 0 Å². The van der Waals surface area contributed by atoms with E-state index >= 15 is 0 Å². The predicted octanol–water partition coefficient (Wildman–Crippen LogP) is 1.15. The first-order valence-electron chi connectivity index (χ1n) is 12.2. The first-order valence-corrected chi connectivity index (χ1v) is 12.2. The van der Waals surface area contributed by atoms with E-state index in [2.05, 4.69) is 5.32 Å². The molecule has 2 aliphatic rings. The highest BCUT2D eigenvalue weighted by Gasteiger charge is 2.43. The van der Waals surface area contributed by atoms with Crippen LogP contribution in [0.3, 0.4) is 0 Å².